The smallest absolute Gasteiger partial charge is 0.0967 e. The van der Waals surface area contributed by atoms with E-state index in [2.05, 4.69) is 34.2 Å². The molecule has 110 valence electrons. The highest BCUT2D eigenvalue weighted by atomic mass is 35.5. The van der Waals surface area contributed by atoms with Gasteiger partial charge in [-0.15, -0.1) is 0 Å². The van der Waals surface area contributed by atoms with Crippen molar-refractivity contribution in [1.29, 1.82) is 0 Å². The lowest BCUT2D eigenvalue weighted by molar-refractivity contribution is 0.783. The van der Waals surface area contributed by atoms with E-state index in [9.17, 15) is 0 Å². The summed E-state index contributed by atoms with van der Waals surface area (Å²) in [5.74, 6) is 0. The summed E-state index contributed by atoms with van der Waals surface area (Å²) >= 11 is 6.32. The Morgan fingerprint density at radius 2 is 1.82 bits per heavy atom. The Labute approximate surface area is 134 Å². The quantitative estimate of drug-likeness (QED) is 0.773. The zero-order chi connectivity index (χ0) is 15.2. The summed E-state index contributed by atoms with van der Waals surface area (Å²) in [6.07, 6.45) is 6.00. The molecule has 2 heterocycles. The second-order valence-electron chi connectivity index (χ2n) is 5.87. The maximum atomic E-state index is 6.32. The first kappa shape index (κ1) is 13.5. The van der Waals surface area contributed by atoms with E-state index in [-0.39, 0.29) is 5.41 Å². The molecule has 1 saturated carbocycles. The highest BCUT2D eigenvalue weighted by molar-refractivity contribution is 6.33. The second kappa shape index (κ2) is 4.96. The third kappa shape index (κ3) is 1.97. The average Bonchev–Trinajstić information content (AvgIpc) is 3.27. The first-order chi connectivity index (χ1) is 10.7. The maximum absolute atomic E-state index is 6.32. The summed E-state index contributed by atoms with van der Waals surface area (Å²) in [4.78, 5) is 4.12. The number of hydrogen-bond acceptors (Lipinski definition) is 2. The van der Waals surface area contributed by atoms with Crippen LogP contribution in [0.15, 0.2) is 48.8 Å². The topological polar surface area (TPSA) is 41.6 Å². The molecule has 0 atom stereocenters. The van der Waals surface area contributed by atoms with Crippen LogP contribution in [0, 0.1) is 6.92 Å². The average molecular weight is 310 g/mol. The number of rotatable bonds is 3. The van der Waals surface area contributed by atoms with E-state index >= 15 is 0 Å². The van der Waals surface area contributed by atoms with Crippen LogP contribution in [0.4, 0.5) is 0 Å². The van der Waals surface area contributed by atoms with Gasteiger partial charge in [0.25, 0.3) is 0 Å². The Morgan fingerprint density at radius 3 is 2.50 bits per heavy atom. The van der Waals surface area contributed by atoms with Crippen LogP contribution in [0.25, 0.3) is 11.3 Å². The van der Waals surface area contributed by atoms with Crippen molar-refractivity contribution in [3.05, 3.63) is 70.6 Å². The van der Waals surface area contributed by atoms with Gasteiger partial charge in [-0.05, 0) is 49.1 Å². The Hall–Kier alpha value is -2.13. The number of nitrogens with zero attached hydrogens (tertiary/aromatic N) is 2. The minimum absolute atomic E-state index is 0.0690. The van der Waals surface area contributed by atoms with Gasteiger partial charge in [0.2, 0.25) is 0 Å². The van der Waals surface area contributed by atoms with Crippen LogP contribution >= 0.6 is 11.6 Å². The van der Waals surface area contributed by atoms with Crippen LogP contribution in [0.1, 0.15) is 29.7 Å². The third-order valence-electron chi connectivity index (χ3n) is 4.60. The van der Waals surface area contributed by atoms with Gasteiger partial charge in [0.05, 0.1) is 10.7 Å². The molecule has 0 saturated heterocycles. The van der Waals surface area contributed by atoms with Gasteiger partial charge in [0, 0.05) is 29.1 Å². The van der Waals surface area contributed by atoms with Crippen molar-refractivity contribution in [1.82, 2.24) is 15.2 Å². The Morgan fingerprint density at radius 1 is 1.09 bits per heavy atom. The number of aromatic amines is 1. The second-order valence-corrected chi connectivity index (χ2v) is 6.28. The Bertz CT molecular complexity index is 819. The van der Waals surface area contributed by atoms with Crippen LogP contribution in [0.2, 0.25) is 5.02 Å². The molecule has 3 aromatic rings. The van der Waals surface area contributed by atoms with Gasteiger partial charge >= 0.3 is 0 Å². The van der Waals surface area contributed by atoms with Crippen molar-refractivity contribution in [2.75, 3.05) is 0 Å². The molecule has 3 nitrogen and oxygen atoms in total. The normalized spacial score (nSPS) is 15.7. The highest BCUT2D eigenvalue weighted by Gasteiger charge is 2.48. The monoisotopic (exact) mass is 309 g/mol. The predicted octanol–water partition coefficient (Wildman–Crippen LogP) is 4.51. The standard InChI is InChI=1S/C18H16ClN3/c1-12-16(14-4-2-3-5-15(14)19)21-22-17(12)18(8-9-18)13-6-10-20-11-7-13/h2-7,10-11H,8-9H2,1H3,(H,21,22). The molecular weight excluding hydrogens is 294 g/mol. The molecule has 0 radical (unpaired) electrons. The highest BCUT2D eigenvalue weighted by Crippen LogP contribution is 2.54. The molecule has 4 heteroatoms. The summed E-state index contributed by atoms with van der Waals surface area (Å²) in [6, 6.07) is 12.0. The number of H-pyrrole nitrogens is 1. The Kier molecular flexibility index (Phi) is 3.05. The van der Waals surface area contributed by atoms with Crippen molar-refractivity contribution in [2.24, 2.45) is 0 Å². The van der Waals surface area contributed by atoms with Gasteiger partial charge in [-0.3, -0.25) is 10.1 Å². The first-order valence-corrected chi connectivity index (χ1v) is 7.81. The summed E-state index contributed by atoms with van der Waals surface area (Å²) in [7, 11) is 0. The number of halogens is 1. The zero-order valence-electron chi connectivity index (χ0n) is 12.3. The summed E-state index contributed by atoms with van der Waals surface area (Å²) in [5, 5.41) is 8.56. The largest absolute Gasteiger partial charge is 0.281 e. The zero-order valence-corrected chi connectivity index (χ0v) is 13.1. The van der Waals surface area contributed by atoms with E-state index in [0.717, 1.165) is 29.1 Å². The Balaban J connectivity index is 1.82. The number of benzene rings is 1. The predicted molar refractivity (Wildman–Crippen MR) is 88.0 cm³/mol. The van der Waals surface area contributed by atoms with Gasteiger partial charge in [-0.25, -0.2) is 0 Å². The van der Waals surface area contributed by atoms with E-state index < -0.39 is 0 Å². The molecule has 2 aromatic heterocycles. The third-order valence-corrected chi connectivity index (χ3v) is 4.93. The molecule has 1 aliphatic carbocycles. The van der Waals surface area contributed by atoms with Crippen LogP contribution < -0.4 is 0 Å². The molecule has 0 aliphatic heterocycles. The minimum atomic E-state index is 0.0690. The lowest BCUT2D eigenvalue weighted by atomic mass is 9.90. The molecule has 1 aliphatic rings. The van der Waals surface area contributed by atoms with Crippen molar-refractivity contribution in [3.8, 4) is 11.3 Å². The fourth-order valence-electron chi connectivity index (χ4n) is 3.26. The lowest BCUT2D eigenvalue weighted by Gasteiger charge is -2.15. The van der Waals surface area contributed by atoms with Crippen molar-refractivity contribution in [3.63, 3.8) is 0 Å². The van der Waals surface area contributed by atoms with E-state index in [4.69, 9.17) is 11.6 Å². The first-order valence-electron chi connectivity index (χ1n) is 7.43. The lowest BCUT2D eigenvalue weighted by Crippen LogP contribution is -2.10. The number of aromatic nitrogens is 3. The van der Waals surface area contributed by atoms with Crippen molar-refractivity contribution >= 4 is 11.6 Å². The molecule has 1 fully saturated rings. The summed E-state index contributed by atoms with van der Waals surface area (Å²) in [6.45, 7) is 2.12. The molecule has 0 unspecified atom stereocenters. The van der Waals surface area contributed by atoms with Crippen LogP contribution in [-0.4, -0.2) is 15.2 Å². The molecule has 1 N–H and O–H groups in total. The molecule has 0 bridgehead atoms. The van der Waals surface area contributed by atoms with E-state index in [0.29, 0.717) is 0 Å². The fraction of sp³-hybridized carbons (Fsp3) is 0.222. The van der Waals surface area contributed by atoms with E-state index in [1.165, 1.54) is 16.8 Å². The van der Waals surface area contributed by atoms with Gasteiger partial charge < -0.3 is 0 Å². The summed E-state index contributed by atoms with van der Waals surface area (Å²) < 4.78 is 0. The van der Waals surface area contributed by atoms with Crippen LogP contribution in [0.5, 0.6) is 0 Å². The van der Waals surface area contributed by atoms with Gasteiger partial charge in [0.1, 0.15) is 0 Å². The molecule has 1 aromatic carbocycles. The van der Waals surface area contributed by atoms with E-state index in [1.807, 2.05) is 36.7 Å². The number of hydrogen-bond donors (Lipinski definition) is 1. The van der Waals surface area contributed by atoms with E-state index in [1.54, 1.807) is 0 Å². The minimum Gasteiger partial charge on any atom is -0.281 e. The van der Waals surface area contributed by atoms with Crippen LogP contribution in [-0.2, 0) is 5.41 Å². The van der Waals surface area contributed by atoms with Gasteiger partial charge in [-0.1, -0.05) is 29.8 Å². The maximum Gasteiger partial charge on any atom is 0.0967 e. The van der Waals surface area contributed by atoms with Gasteiger partial charge in [0.15, 0.2) is 0 Å². The molecule has 0 spiro atoms. The van der Waals surface area contributed by atoms with Crippen molar-refractivity contribution in [2.45, 2.75) is 25.2 Å². The van der Waals surface area contributed by atoms with Crippen LogP contribution in [0.3, 0.4) is 0 Å². The SMILES string of the molecule is Cc1c(-c2ccccc2Cl)n[nH]c1C1(c2ccncc2)CC1. The molecule has 4 rings (SSSR count). The van der Waals surface area contributed by atoms with Gasteiger partial charge in [-0.2, -0.15) is 5.10 Å². The molecule has 0 amide bonds. The number of pyridine rings is 1. The molecular formula is C18H16ClN3. The fourth-order valence-corrected chi connectivity index (χ4v) is 3.48. The van der Waals surface area contributed by atoms with Crippen molar-refractivity contribution < 1.29 is 0 Å². The number of nitrogens with one attached hydrogen (secondary N) is 1. The molecule has 22 heavy (non-hydrogen) atoms. The summed E-state index contributed by atoms with van der Waals surface area (Å²) in [5.41, 5.74) is 5.69.